The largest absolute Gasteiger partial charge is 0.481 e. The molecule has 0 aromatic heterocycles. The van der Waals surface area contributed by atoms with Gasteiger partial charge in [0.2, 0.25) is 5.91 Å². The van der Waals surface area contributed by atoms with E-state index in [4.69, 9.17) is 10.8 Å². The van der Waals surface area contributed by atoms with Crippen LogP contribution >= 0.6 is 0 Å². The van der Waals surface area contributed by atoms with Crippen LogP contribution in [0.1, 0.15) is 12.8 Å². The average Bonchev–Trinajstić information content (AvgIpc) is 2.65. The van der Waals surface area contributed by atoms with Crippen LogP contribution in [0.4, 0.5) is 4.79 Å². The third-order valence-electron chi connectivity index (χ3n) is 2.47. The third kappa shape index (κ3) is 3.41. The predicted molar refractivity (Wildman–Crippen MR) is 54.5 cm³/mol. The zero-order valence-electron chi connectivity index (χ0n) is 8.81. The van der Waals surface area contributed by atoms with Crippen molar-refractivity contribution in [3.8, 4) is 0 Å². The Labute approximate surface area is 92.6 Å². The summed E-state index contributed by atoms with van der Waals surface area (Å²) in [6.07, 6.45) is 0.556. The van der Waals surface area contributed by atoms with Crippen LogP contribution in [0, 0.1) is 5.92 Å². The maximum Gasteiger partial charge on any atom is 0.317 e. The molecule has 0 radical (unpaired) electrons. The van der Waals surface area contributed by atoms with Gasteiger partial charge in [0, 0.05) is 26.1 Å². The lowest BCUT2D eigenvalue weighted by Crippen LogP contribution is -2.40. The fourth-order valence-corrected chi connectivity index (χ4v) is 1.55. The Morgan fingerprint density at radius 3 is 2.62 bits per heavy atom. The summed E-state index contributed by atoms with van der Waals surface area (Å²) in [5.74, 6) is -1.85. The van der Waals surface area contributed by atoms with Gasteiger partial charge in [-0.2, -0.15) is 0 Å². The second-order valence-electron chi connectivity index (χ2n) is 3.72. The molecule has 1 rings (SSSR count). The molecule has 0 aromatic rings. The van der Waals surface area contributed by atoms with Gasteiger partial charge < -0.3 is 21.1 Å². The number of carboxylic acid groups (broad SMARTS) is 1. The van der Waals surface area contributed by atoms with Crippen LogP contribution in [-0.2, 0) is 9.59 Å². The summed E-state index contributed by atoms with van der Waals surface area (Å²) in [6, 6.07) is -0.343. The first-order valence-corrected chi connectivity index (χ1v) is 5.04. The van der Waals surface area contributed by atoms with Crippen LogP contribution < -0.4 is 11.1 Å². The average molecular weight is 229 g/mol. The molecule has 0 saturated carbocycles. The zero-order chi connectivity index (χ0) is 12.1. The molecule has 0 aromatic carbocycles. The fourth-order valence-electron chi connectivity index (χ4n) is 1.55. The molecule has 0 bridgehead atoms. The number of primary amides is 1. The Kier molecular flexibility index (Phi) is 4.10. The predicted octanol–water partition coefficient (Wildman–Crippen LogP) is -1.02. The Bertz CT molecular complexity index is 305. The van der Waals surface area contributed by atoms with E-state index in [9.17, 15) is 14.4 Å². The smallest absolute Gasteiger partial charge is 0.317 e. The van der Waals surface area contributed by atoms with Crippen LogP contribution in [0.5, 0.6) is 0 Å². The lowest BCUT2D eigenvalue weighted by Gasteiger charge is -2.16. The molecule has 90 valence electrons. The minimum atomic E-state index is -0.882. The Morgan fingerprint density at radius 2 is 2.12 bits per heavy atom. The maximum absolute atomic E-state index is 11.5. The van der Waals surface area contributed by atoms with Crippen molar-refractivity contribution in [2.45, 2.75) is 12.8 Å². The van der Waals surface area contributed by atoms with Crippen molar-refractivity contribution in [1.29, 1.82) is 0 Å². The lowest BCUT2D eigenvalue weighted by atomic mass is 10.1. The third-order valence-corrected chi connectivity index (χ3v) is 2.47. The number of nitrogens with zero attached hydrogens (tertiary/aromatic N) is 1. The number of nitrogens with one attached hydrogen (secondary N) is 1. The van der Waals surface area contributed by atoms with Crippen molar-refractivity contribution < 1.29 is 19.5 Å². The van der Waals surface area contributed by atoms with E-state index in [1.54, 1.807) is 0 Å². The zero-order valence-corrected chi connectivity index (χ0v) is 8.81. The van der Waals surface area contributed by atoms with E-state index in [1.165, 1.54) is 4.90 Å². The van der Waals surface area contributed by atoms with E-state index < -0.39 is 17.8 Å². The van der Waals surface area contributed by atoms with Crippen molar-refractivity contribution in [1.82, 2.24) is 10.2 Å². The molecule has 1 fully saturated rings. The van der Waals surface area contributed by atoms with Gasteiger partial charge in [0.1, 0.15) is 0 Å². The van der Waals surface area contributed by atoms with E-state index in [1.807, 2.05) is 0 Å². The Morgan fingerprint density at radius 1 is 1.44 bits per heavy atom. The number of likely N-dealkylation sites (tertiary alicyclic amines) is 1. The maximum atomic E-state index is 11.5. The van der Waals surface area contributed by atoms with Crippen LogP contribution in [0.2, 0.25) is 0 Å². The molecule has 7 nitrogen and oxygen atoms in total. The molecule has 1 saturated heterocycles. The molecular formula is C9H15N3O4. The first kappa shape index (κ1) is 12.3. The second kappa shape index (κ2) is 5.34. The Hall–Kier alpha value is -1.79. The number of urea groups is 1. The number of amides is 3. The summed E-state index contributed by atoms with van der Waals surface area (Å²) >= 11 is 0. The van der Waals surface area contributed by atoms with E-state index in [0.29, 0.717) is 13.0 Å². The summed E-state index contributed by atoms with van der Waals surface area (Å²) in [5.41, 5.74) is 4.91. The van der Waals surface area contributed by atoms with Crippen molar-refractivity contribution >= 4 is 17.9 Å². The van der Waals surface area contributed by atoms with Gasteiger partial charge in [-0.05, 0) is 6.42 Å². The summed E-state index contributed by atoms with van der Waals surface area (Å²) in [6.45, 7) is 0.833. The molecule has 16 heavy (non-hydrogen) atoms. The minimum absolute atomic E-state index is 0.0853. The summed E-state index contributed by atoms with van der Waals surface area (Å²) in [5, 5.41) is 11.3. The van der Waals surface area contributed by atoms with Crippen molar-refractivity contribution in [2.24, 2.45) is 11.7 Å². The highest BCUT2D eigenvalue weighted by Gasteiger charge is 2.30. The van der Waals surface area contributed by atoms with Gasteiger partial charge in [0.05, 0.1) is 5.92 Å². The molecule has 3 amide bonds. The molecule has 7 heteroatoms. The molecule has 1 unspecified atom stereocenters. The number of rotatable bonds is 4. The van der Waals surface area contributed by atoms with Gasteiger partial charge in [-0.15, -0.1) is 0 Å². The summed E-state index contributed by atoms with van der Waals surface area (Å²) in [4.78, 5) is 34.0. The number of hydrogen-bond donors (Lipinski definition) is 3. The molecule has 0 aliphatic carbocycles. The van der Waals surface area contributed by atoms with Crippen molar-refractivity contribution in [3.63, 3.8) is 0 Å². The fraction of sp³-hybridized carbons (Fsp3) is 0.667. The van der Waals surface area contributed by atoms with Gasteiger partial charge >= 0.3 is 12.0 Å². The van der Waals surface area contributed by atoms with Gasteiger partial charge in [0.15, 0.2) is 0 Å². The van der Waals surface area contributed by atoms with Gasteiger partial charge in [-0.25, -0.2) is 4.79 Å². The molecule has 1 heterocycles. The molecule has 1 atom stereocenters. The quantitative estimate of drug-likeness (QED) is 0.572. The molecule has 1 aliphatic rings. The Balaban J connectivity index is 2.28. The van der Waals surface area contributed by atoms with Crippen LogP contribution in [0.3, 0.4) is 0 Å². The SMILES string of the molecule is NC(=O)CCNC(=O)N1CCC(C(=O)O)C1. The second-order valence-corrected chi connectivity index (χ2v) is 3.72. The number of carbonyl (C=O) groups excluding carboxylic acids is 2. The van der Waals surface area contributed by atoms with Crippen molar-refractivity contribution in [2.75, 3.05) is 19.6 Å². The van der Waals surface area contributed by atoms with Gasteiger partial charge in [0.25, 0.3) is 0 Å². The summed E-state index contributed by atoms with van der Waals surface area (Å²) in [7, 11) is 0. The number of hydrogen-bond acceptors (Lipinski definition) is 3. The highest BCUT2D eigenvalue weighted by molar-refractivity contribution is 5.78. The molecule has 1 aliphatic heterocycles. The number of carbonyl (C=O) groups is 3. The molecule has 4 N–H and O–H groups in total. The van der Waals surface area contributed by atoms with Crippen LogP contribution in [0.25, 0.3) is 0 Å². The minimum Gasteiger partial charge on any atom is -0.481 e. The van der Waals surface area contributed by atoms with E-state index in [0.717, 1.165) is 0 Å². The number of aliphatic carboxylic acids is 1. The van der Waals surface area contributed by atoms with E-state index in [2.05, 4.69) is 5.32 Å². The standard InChI is InChI=1S/C9H15N3O4/c10-7(13)1-3-11-9(16)12-4-2-6(5-12)8(14)15/h6H,1-5H2,(H2,10,13)(H,11,16)(H,14,15). The molecule has 0 spiro atoms. The van der Waals surface area contributed by atoms with Gasteiger partial charge in [-0.3, -0.25) is 9.59 Å². The first-order valence-electron chi connectivity index (χ1n) is 5.04. The van der Waals surface area contributed by atoms with E-state index in [-0.39, 0.29) is 25.5 Å². The van der Waals surface area contributed by atoms with E-state index >= 15 is 0 Å². The lowest BCUT2D eigenvalue weighted by molar-refractivity contribution is -0.141. The van der Waals surface area contributed by atoms with Crippen LogP contribution in [0.15, 0.2) is 0 Å². The van der Waals surface area contributed by atoms with Crippen LogP contribution in [-0.4, -0.2) is 47.5 Å². The van der Waals surface area contributed by atoms with Gasteiger partial charge in [-0.1, -0.05) is 0 Å². The number of carboxylic acids is 1. The first-order chi connectivity index (χ1) is 7.50. The topological polar surface area (TPSA) is 113 Å². The molecular weight excluding hydrogens is 214 g/mol. The van der Waals surface area contributed by atoms with Crippen molar-refractivity contribution in [3.05, 3.63) is 0 Å². The monoisotopic (exact) mass is 229 g/mol. The highest BCUT2D eigenvalue weighted by Crippen LogP contribution is 2.15. The number of nitrogens with two attached hydrogens (primary N) is 1. The normalized spacial score (nSPS) is 19.5. The summed E-state index contributed by atoms with van der Waals surface area (Å²) < 4.78 is 0. The highest BCUT2D eigenvalue weighted by atomic mass is 16.4.